The zero-order valence-corrected chi connectivity index (χ0v) is 27.0. The quantitative estimate of drug-likeness (QED) is 0.347. The van der Waals surface area contributed by atoms with Gasteiger partial charge in [-0.3, -0.25) is 14.4 Å². The molecule has 4 N–H and O–H groups in total. The van der Waals surface area contributed by atoms with E-state index in [0.29, 0.717) is 38.6 Å². The first-order valence-corrected chi connectivity index (χ1v) is 17.4. The van der Waals surface area contributed by atoms with E-state index in [1.807, 2.05) is 42.5 Å². The molecule has 1 aromatic rings. The molecule has 0 spiro atoms. The summed E-state index contributed by atoms with van der Waals surface area (Å²) in [5.41, 5.74) is -1.16. The molecule has 1 aromatic carbocycles. The molecule has 2 aliphatic carbocycles. The molecule has 12 nitrogen and oxygen atoms in total. The SMILES string of the molecule is CC(C)(C)OC(=O)N[C@H]1CCCCC/C=C\[C@H]2C[C@@]2(C(=O)NS(=O)(=O)NC2CC2c2ccccc2)NC(=O)[C@@H]2CCCN2C1=O. The molecule has 0 aromatic heterocycles. The van der Waals surface area contributed by atoms with Crippen molar-refractivity contribution in [2.45, 2.75) is 114 Å². The molecule has 2 heterocycles. The van der Waals surface area contributed by atoms with Gasteiger partial charge in [0.2, 0.25) is 11.8 Å². The smallest absolute Gasteiger partial charge is 0.408 e. The molecule has 5 rings (SSSR count). The van der Waals surface area contributed by atoms with Crippen molar-refractivity contribution in [3.63, 3.8) is 0 Å². The molecule has 13 heteroatoms. The summed E-state index contributed by atoms with van der Waals surface area (Å²) in [6, 6.07) is 7.53. The van der Waals surface area contributed by atoms with Crippen LogP contribution in [0.3, 0.4) is 0 Å². The molecule has 246 valence electrons. The van der Waals surface area contributed by atoms with Crippen LogP contribution >= 0.6 is 0 Å². The largest absolute Gasteiger partial charge is 0.444 e. The number of ether oxygens (including phenoxy) is 1. The third-order valence-electron chi connectivity index (χ3n) is 8.88. The highest BCUT2D eigenvalue weighted by Gasteiger charge is 2.61. The zero-order valence-electron chi connectivity index (χ0n) is 26.2. The van der Waals surface area contributed by atoms with Crippen LogP contribution in [0.15, 0.2) is 42.5 Å². The van der Waals surface area contributed by atoms with Crippen molar-refractivity contribution in [3.8, 4) is 0 Å². The Morgan fingerprint density at radius 1 is 1.04 bits per heavy atom. The van der Waals surface area contributed by atoms with Gasteiger partial charge in [0.15, 0.2) is 0 Å². The van der Waals surface area contributed by atoms with Crippen LogP contribution in [0.1, 0.15) is 90.0 Å². The fourth-order valence-electron chi connectivity index (χ4n) is 6.38. The van der Waals surface area contributed by atoms with E-state index < -0.39 is 51.3 Å². The molecule has 45 heavy (non-hydrogen) atoms. The fourth-order valence-corrected chi connectivity index (χ4v) is 7.52. The Hall–Kier alpha value is -3.45. The summed E-state index contributed by atoms with van der Waals surface area (Å²) in [6.07, 6.45) is 8.42. The average molecular weight is 644 g/mol. The summed E-state index contributed by atoms with van der Waals surface area (Å²) >= 11 is 0. The number of allylic oxidation sites excluding steroid dienone is 1. The summed E-state index contributed by atoms with van der Waals surface area (Å²) in [4.78, 5) is 55.1. The fraction of sp³-hybridized carbons (Fsp3) is 0.625. The number of benzene rings is 1. The molecule has 6 atom stereocenters. The third kappa shape index (κ3) is 8.23. The van der Waals surface area contributed by atoms with E-state index in [-0.39, 0.29) is 30.2 Å². The van der Waals surface area contributed by atoms with Crippen molar-refractivity contribution < 1.29 is 32.3 Å². The van der Waals surface area contributed by atoms with Crippen LogP contribution in [-0.2, 0) is 29.3 Å². The van der Waals surface area contributed by atoms with Crippen molar-refractivity contribution >= 4 is 34.0 Å². The number of hydrogen-bond acceptors (Lipinski definition) is 7. The second-order valence-corrected chi connectivity index (χ2v) is 15.1. The van der Waals surface area contributed by atoms with Crippen LogP contribution in [0.2, 0.25) is 0 Å². The van der Waals surface area contributed by atoms with Crippen LogP contribution in [0.4, 0.5) is 4.79 Å². The van der Waals surface area contributed by atoms with Gasteiger partial charge in [-0.15, -0.1) is 0 Å². The first-order valence-electron chi connectivity index (χ1n) is 16.0. The number of nitrogens with zero attached hydrogens (tertiary/aromatic N) is 1. The van der Waals surface area contributed by atoms with E-state index >= 15 is 0 Å². The molecule has 3 fully saturated rings. The van der Waals surface area contributed by atoms with Gasteiger partial charge < -0.3 is 20.3 Å². The van der Waals surface area contributed by atoms with Gasteiger partial charge >= 0.3 is 16.3 Å². The number of alkyl carbamates (subject to hydrolysis) is 1. The van der Waals surface area contributed by atoms with Crippen LogP contribution < -0.4 is 20.1 Å². The lowest BCUT2D eigenvalue weighted by Crippen LogP contribution is -2.59. The number of fused-ring (bicyclic) bond motifs is 2. The minimum absolute atomic E-state index is 0.0327. The van der Waals surface area contributed by atoms with E-state index in [1.54, 1.807) is 20.8 Å². The highest BCUT2D eigenvalue weighted by Crippen LogP contribution is 2.46. The maximum atomic E-state index is 13.7. The molecule has 2 saturated carbocycles. The lowest BCUT2D eigenvalue weighted by molar-refractivity contribution is -0.141. The number of nitrogens with one attached hydrogen (secondary N) is 4. The number of rotatable bonds is 6. The van der Waals surface area contributed by atoms with Crippen LogP contribution in [-0.4, -0.2) is 72.9 Å². The Balaban J connectivity index is 1.29. The van der Waals surface area contributed by atoms with E-state index in [1.165, 1.54) is 4.90 Å². The third-order valence-corrected chi connectivity index (χ3v) is 9.94. The Morgan fingerprint density at radius 2 is 1.80 bits per heavy atom. The second-order valence-electron chi connectivity index (χ2n) is 13.6. The highest BCUT2D eigenvalue weighted by atomic mass is 32.2. The molecule has 2 unspecified atom stereocenters. The molecular weight excluding hydrogens is 598 g/mol. The molecule has 4 aliphatic rings. The van der Waals surface area contributed by atoms with Crippen LogP contribution in [0.25, 0.3) is 0 Å². The minimum Gasteiger partial charge on any atom is -0.444 e. The van der Waals surface area contributed by atoms with Gasteiger partial charge in [0.05, 0.1) is 0 Å². The summed E-state index contributed by atoms with van der Waals surface area (Å²) in [5.74, 6) is -2.05. The highest BCUT2D eigenvalue weighted by molar-refractivity contribution is 7.88. The number of amides is 4. The van der Waals surface area contributed by atoms with Crippen molar-refractivity contribution in [3.05, 3.63) is 48.0 Å². The van der Waals surface area contributed by atoms with Crippen LogP contribution in [0, 0.1) is 5.92 Å². The van der Waals surface area contributed by atoms with E-state index in [2.05, 4.69) is 20.1 Å². The minimum atomic E-state index is -4.20. The van der Waals surface area contributed by atoms with E-state index in [4.69, 9.17) is 4.74 Å². The topological polar surface area (TPSA) is 163 Å². The van der Waals surface area contributed by atoms with Crippen molar-refractivity contribution in [1.82, 2.24) is 25.0 Å². The van der Waals surface area contributed by atoms with Gasteiger partial charge in [0.25, 0.3) is 5.91 Å². The summed E-state index contributed by atoms with van der Waals surface area (Å²) in [5, 5.41) is 5.55. The predicted molar refractivity (Wildman–Crippen MR) is 167 cm³/mol. The molecule has 4 amide bonds. The maximum absolute atomic E-state index is 13.7. The number of carbonyl (C=O) groups is 4. The van der Waals surface area contributed by atoms with Crippen molar-refractivity contribution in [2.75, 3.05) is 6.54 Å². The van der Waals surface area contributed by atoms with Gasteiger partial charge in [-0.2, -0.15) is 13.1 Å². The van der Waals surface area contributed by atoms with Gasteiger partial charge in [-0.25, -0.2) is 9.52 Å². The van der Waals surface area contributed by atoms with Crippen molar-refractivity contribution in [1.29, 1.82) is 0 Å². The van der Waals surface area contributed by atoms with E-state index in [0.717, 1.165) is 24.8 Å². The van der Waals surface area contributed by atoms with Gasteiger partial charge in [0.1, 0.15) is 23.2 Å². The Morgan fingerprint density at radius 3 is 2.53 bits per heavy atom. The first kappa shape index (κ1) is 32.9. The number of carbonyl (C=O) groups excluding carboxylic acids is 4. The molecule has 0 bridgehead atoms. The first-order chi connectivity index (χ1) is 21.3. The molecule has 1 saturated heterocycles. The lowest BCUT2D eigenvalue weighted by Gasteiger charge is -2.30. The van der Waals surface area contributed by atoms with Gasteiger partial charge in [-0.1, -0.05) is 55.3 Å². The van der Waals surface area contributed by atoms with Gasteiger partial charge in [0, 0.05) is 24.4 Å². The second kappa shape index (κ2) is 13.1. The average Bonchev–Trinajstić information content (AvgIpc) is 3.81. The molecular formula is C32H45N5O7S. The number of hydrogen-bond donors (Lipinski definition) is 4. The zero-order chi connectivity index (χ0) is 32.4. The lowest BCUT2D eigenvalue weighted by atomic mass is 10.0. The summed E-state index contributed by atoms with van der Waals surface area (Å²) < 4.78 is 36.2. The normalized spacial score (nSPS) is 31.3. The predicted octanol–water partition coefficient (Wildman–Crippen LogP) is 2.77. The Labute approximate surface area is 265 Å². The summed E-state index contributed by atoms with van der Waals surface area (Å²) in [6.45, 7) is 5.55. The monoisotopic (exact) mass is 643 g/mol. The van der Waals surface area contributed by atoms with Gasteiger partial charge in [-0.05, 0) is 71.3 Å². The molecule has 2 aliphatic heterocycles. The summed E-state index contributed by atoms with van der Waals surface area (Å²) in [7, 11) is -4.20. The Kier molecular flexibility index (Phi) is 9.60. The van der Waals surface area contributed by atoms with Crippen molar-refractivity contribution in [2.24, 2.45) is 5.92 Å². The standard InChI is InChI=1S/C32H45N5O7S/c1-31(2,3)44-30(41)33-24-16-11-6-4-5-10-15-22-20-32(22,34-27(38)26-17-12-18-37(26)28(24)39)29(40)36-45(42,43)35-25-19-23(25)21-13-8-7-9-14-21/h7-10,13-15,22-26,35H,4-6,11-12,16-20H2,1-3H3,(H,33,41)(H,34,38)(H,36,40)/b15-10-/t22-,23?,24-,25?,26-,32+/m0/s1. The Bertz CT molecular complexity index is 1430. The maximum Gasteiger partial charge on any atom is 0.408 e. The molecule has 0 radical (unpaired) electrons. The van der Waals surface area contributed by atoms with E-state index in [9.17, 15) is 27.6 Å². The van der Waals surface area contributed by atoms with Crippen LogP contribution in [0.5, 0.6) is 0 Å².